The van der Waals surface area contributed by atoms with E-state index in [0.29, 0.717) is 28.9 Å². The predicted octanol–water partition coefficient (Wildman–Crippen LogP) is 3.71. The maximum atomic E-state index is 11.2. The summed E-state index contributed by atoms with van der Waals surface area (Å²) in [5.41, 5.74) is 0.992. The Morgan fingerprint density at radius 3 is 2.36 bits per heavy atom. The number of nitrogens with zero attached hydrogens (tertiary/aromatic N) is 1. The third-order valence-electron chi connectivity index (χ3n) is 3.94. The van der Waals surface area contributed by atoms with Gasteiger partial charge in [0.2, 0.25) is 10.0 Å². The lowest BCUT2D eigenvalue weighted by atomic mass is 10.1. The zero-order valence-corrected chi connectivity index (χ0v) is 16.3. The first-order valence-corrected chi connectivity index (χ1v) is 9.89. The van der Waals surface area contributed by atoms with Gasteiger partial charge in [0.15, 0.2) is 0 Å². The summed E-state index contributed by atoms with van der Waals surface area (Å²) >= 11 is 12.2. The molecule has 2 aromatic rings. The fraction of sp³-hybridized carbons (Fsp3) is 0.294. The Morgan fingerprint density at radius 1 is 1.16 bits per heavy atom. The Morgan fingerprint density at radius 2 is 1.80 bits per heavy atom. The maximum absolute atomic E-state index is 11.2. The Labute approximate surface area is 158 Å². The molecule has 0 aliphatic carbocycles. The Bertz CT molecular complexity index is 826. The molecule has 2 rings (SSSR count). The van der Waals surface area contributed by atoms with Gasteiger partial charge in [-0.1, -0.05) is 29.3 Å². The van der Waals surface area contributed by atoms with Gasteiger partial charge in [0, 0.05) is 22.6 Å². The molecular weight excluding hydrogens is 383 g/mol. The molecule has 0 amide bonds. The van der Waals surface area contributed by atoms with Crippen molar-refractivity contribution in [2.45, 2.75) is 17.9 Å². The van der Waals surface area contributed by atoms with E-state index in [1.165, 1.54) is 12.1 Å². The molecule has 1 atom stereocenters. The van der Waals surface area contributed by atoms with Crippen LogP contribution in [0.1, 0.15) is 18.5 Å². The molecule has 0 spiro atoms. The van der Waals surface area contributed by atoms with E-state index in [2.05, 4.69) is 11.8 Å². The highest BCUT2D eigenvalue weighted by Gasteiger charge is 2.15. The second kappa shape index (κ2) is 8.38. The quantitative estimate of drug-likeness (QED) is 0.765. The van der Waals surface area contributed by atoms with Crippen molar-refractivity contribution < 1.29 is 13.2 Å². The van der Waals surface area contributed by atoms with Gasteiger partial charge in [-0.2, -0.15) is 0 Å². The highest BCUT2D eigenvalue weighted by molar-refractivity contribution is 7.89. The summed E-state index contributed by atoms with van der Waals surface area (Å²) in [6.07, 6.45) is 0. The highest BCUT2D eigenvalue weighted by Crippen LogP contribution is 2.28. The summed E-state index contributed by atoms with van der Waals surface area (Å²) in [6, 6.07) is 11.6. The van der Waals surface area contributed by atoms with E-state index in [-0.39, 0.29) is 10.9 Å². The summed E-state index contributed by atoms with van der Waals surface area (Å²) in [4.78, 5) is 2.16. The maximum Gasteiger partial charge on any atom is 0.238 e. The molecule has 2 aromatic carbocycles. The number of hydrogen-bond donors (Lipinski definition) is 1. The molecule has 8 heteroatoms. The summed E-state index contributed by atoms with van der Waals surface area (Å²) in [6.45, 7) is 3.16. The van der Waals surface area contributed by atoms with Crippen molar-refractivity contribution in [2.24, 2.45) is 5.14 Å². The molecule has 0 bridgehead atoms. The molecule has 0 aromatic heterocycles. The van der Waals surface area contributed by atoms with Crippen LogP contribution in [0.4, 0.5) is 0 Å². The molecule has 136 valence electrons. The van der Waals surface area contributed by atoms with Crippen LogP contribution in [0.5, 0.6) is 5.75 Å². The first kappa shape index (κ1) is 20.0. The van der Waals surface area contributed by atoms with Crippen LogP contribution in [0.3, 0.4) is 0 Å². The van der Waals surface area contributed by atoms with Gasteiger partial charge < -0.3 is 4.74 Å². The smallest absolute Gasteiger partial charge is 0.238 e. The van der Waals surface area contributed by atoms with Gasteiger partial charge in [-0.05, 0) is 55.9 Å². The van der Waals surface area contributed by atoms with E-state index in [0.717, 1.165) is 5.56 Å². The largest absolute Gasteiger partial charge is 0.492 e. The number of nitrogens with two attached hydrogens (primary N) is 1. The average Bonchev–Trinajstić information content (AvgIpc) is 2.54. The zero-order valence-electron chi connectivity index (χ0n) is 13.9. The van der Waals surface area contributed by atoms with Gasteiger partial charge in [-0.3, -0.25) is 4.90 Å². The van der Waals surface area contributed by atoms with Crippen molar-refractivity contribution in [3.05, 3.63) is 58.1 Å². The van der Waals surface area contributed by atoms with Crippen LogP contribution in [0.2, 0.25) is 10.0 Å². The number of primary sulfonamides is 1. The van der Waals surface area contributed by atoms with Crippen molar-refractivity contribution in [3.63, 3.8) is 0 Å². The normalized spacial score (nSPS) is 13.0. The zero-order chi connectivity index (χ0) is 18.6. The van der Waals surface area contributed by atoms with Crippen LogP contribution < -0.4 is 9.88 Å². The number of likely N-dealkylation sites (N-methyl/N-ethyl adjacent to an activating group) is 1. The first-order valence-electron chi connectivity index (χ1n) is 7.59. The SMILES string of the molecule is C[C@H](c1ccc(Cl)cc1Cl)N(C)CCOc1ccc(S(N)(=O)=O)cc1. The van der Waals surface area contributed by atoms with Gasteiger partial charge in [0.1, 0.15) is 12.4 Å². The van der Waals surface area contributed by atoms with E-state index in [1.54, 1.807) is 18.2 Å². The number of halogens is 2. The molecule has 25 heavy (non-hydrogen) atoms. The lowest BCUT2D eigenvalue weighted by Crippen LogP contribution is -2.27. The minimum absolute atomic E-state index is 0.0583. The Hall–Kier alpha value is -1.31. The number of benzene rings is 2. The van der Waals surface area contributed by atoms with Crippen molar-refractivity contribution in [3.8, 4) is 5.75 Å². The molecule has 0 radical (unpaired) electrons. The summed E-state index contributed by atoms with van der Waals surface area (Å²) in [5.74, 6) is 0.581. The van der Waals surface area contributed by atoms with Gasteiger partial charge in [0.05, 0.1) is 4.90 Å². The second-order valence-corrected chi connectivity index (χ2v) is 8.09. The summed E-state index contributed by atoms with van der Waals surface area (Å²) < 4.78 is 28.1. The van der Waals surface area contributed by atoms with Gasteiger partial charge in [0.25, 0.3) is 0 Å². The van der Waals surface area contributed by atoms with E-state index >= 15 is 0 Å². The predicted molar refractivity (Wildman–Crippen MR) is 101 cm³/mol. The lowest BCUT2D eigenvalue weighted by molar-refractivity contribution is 0.201. The fourth-order valence-corrected chi connectivity index (χ4v) is 3.39. The van der Waals surface area contributed by atoms with E-state index < -0.39 is 10.0 Å². The molecule has 5 nitrogen and oxygen atoms in total. The molecule has 0 fully saturated rings. The number of ether oxygens (including phenoxy) is 1. The van der Waals surface area contributed by atoms with Gasteiger partial charge >= 0.3 is 0 Å². The van der Waals surface area contributed by atoms with E-state index in [9.17, 15) is 8.42 Å². The minimum Gasteiger partial charge on any atom is -0.492 e. The molecule has 0 heterocycles. The number of rotatable bonds is 7. The topological polar surface area (TPSA) is 72.6 Å². The third-order valence-corrected chi connectivity index (χ3v) is 5.43. The molecule has 0 aliphatic rings. The van der Waals surface area contributed by atoms with Crippen molar-refractivity contribution in [1.29, 1.82) is 0 Å². The summed E-state index contributed by atoms with van der Waals surface area (Å²) in [5, 5.41) is 6.30. The monoisotopic (exact) mass is 402 g/mol. The second-order valence-electron chi connectivity index (χ2n) is 5.69. The van der Waals surface area contributed by atoms with Crippen LogP contribution >= 0.6 is 23.2 Å². The number of sulfonamides is 1. The molecule has 0 unspecified atom stereocenters. The standard InChI is InChI=1S/C17H20Cl2N2O3S/c1-12(16-8-3-13(18)11-17(16)19)21(2)9-10-24-14-4-6-15(7-5-14)25(20,22)23/h3-8,11-12H,9-10H2,1-2H3,(H2,20,22,23)/t12-/m1/s1. The van der Waals surface area contributed by atoms with Crippen molar-refractivity contribution in [2.75, 3.05) is 20.2 Å². The molecular formula is C17H20Cl2N2O3S. The fourth-order valence-electron chi connectivity index (χ4n) is 2.30. The lowest BCUT2D eigenvalue weighted by Gasteiger charge is -2.25. The van der Waals surface area contributed by atoms with Crippen LogP contribution in [0.15, 0.2) is 47.4 Å². The molecule has 0 saturated carbocycles. The third kappa shape index (κ3) is 5.59. The Kier molecular flexibility index (Phi) is 6.71. The molecule has 2 N–H and O–H groups in total. The molecule has 0 saturated heterocycles. The van der Waals surface area contributed by atoms with Crippen LogP contribution in [0.25, 0.3) is 0 Å². The van der Waals surface area contributed by atoms with Crippen molar-refractivity contribution in [1.82, 2.24) is 4.90 Å². The van der Waals surface area contributed by atoms with Crippen molar-refractivity contribution >= 4 is 33.2 Å². The first-order chi connectivity index (χ1) is 11.7. The van der Waals surface area contributed by atoms with Crippen LogP contribution in [-0.4, -0.2) is 33.5 Å². The van der Waals surface area contributed by atoms with Crippen LogP contribution in [-0.2, 0) is 10.0 Å². The molecule has 0 aliphatic heterocycles. The Balaban J connectivity index is 1.90. The minimum atomic E-state index is -3.69. The van der Waals surface area contributed by atoms with Crippen LogP contribution in [0, 0.1) is 0 Å². The van der Waals surface area contributed by atoms with E-state index in [1.807, 2.05) is 19.2 Å². The average molecular weight is 403 g/mol. The van der Waals surface area contributed by atoms with Gasteiger partial charge in [-0.25, -0.2) is 13.6 Å². The number of hydrogen-bond acceptors (Lipinski definition) is 4. The summed E-state index contributed by atoms with van der Waals surface area (Å²) in [7, 11) is -1.71. The van der Waals surface area contributed by atoms with E-state index in [4.69, 9.17) is 33.1 Å². The van der Waals surface area contributed by atoms with Gasteiger partial charge in [-0.15, -0.1) is 0 Å². The highest BCUT2D eigenvalue weighted by atomic mass is 35.5.